The van der Waals surface area contributed by atoms with Gasteiger partial charge in [-0.2, -0.15) is 0 Å². The Morgan fingerprint density at radius 1 is 1.24 bits per heavy atom. The summed E-state index contributed by atoms with van der Waals surface area (Å²) in [5.74, 6) is 1.47. The van der Waals surface area contributed by atoms with E-state index in [0.29, 0.717) is 37.6 Å². The van der Waals surface area contributed by atoms with Crippen LogP contribution >= 0.6 is 11.3 Å². The summed E-state index contributed by atoms with van der Waals surface area (Å²) in [4.78, 5) is 25.4. The maximum Gasteiger partial charge on any atom is 0.277 e. The van der Waals surface area contributed by atoms with Gasteiger partial charge in [-0.15, -0.1) is 11.3 Å². The summed E-state index contributed by atoms with van der Waals surface area (Å²) in [6.07, 6.45) is 2.42. The number of aromatic nitrogens is 3. The van der Waals surface area contributed by atoms with Crippen molar-refractivity contribution in [3.63, 3.8) is 0 Å². The Bertz CT molecular complexity index is 1180. The van der Waals surface area contributed by atoms with E-state index >= 15 is 0 Å². The number of thiazole rings is 1. The number of aryl methyl sites for hydroxylation is 2. The highest BCUT2D eigenvalue weighted by Crippen LogP contribution is 2.29. The molecular formula is C25H33N5O3S. The second-order valence-electron chi connectivity index (χ2n) is 8.31. The fourth-order valence-corrected chi connectivity index (χ4v) is 5.19. The van der Waals surface area contributed by atoms with Crippen molar-refractivity contribution in [2.24, 2.45) is 0 Å². The maximum atomic E-state index is 13.7. The molecule has 182 valence electrons. The van der Waals surface area contributed by atoms with Crippen LogP contribution in [0.1, 0.15) is 32.0 Å². The third-order valence-corrected chi connectivity index (χ3v) is 7.07. The van der Waals surface area contributed by atoms with Crippen LogP contribution in [0.4, 0.5) is 10.8 Å². The molecule has 1 N–H and O–H groups in total. The van der Waals surface area contributed by atoms with E-state index in [1.807, 2.05) is 57.5 Å². The standard InChI is InChI=1S/C25H33N5O3S/c1-6-19-22(27-20-14-29(15-21(20)33-8-3)25-26-11-12-34-25)24(31)30(7-2)23(28-19)18-10-9-17(32-5)13-16(18)4/h9-13,20-21,27H,6-8,14-15H2,1-5H3/t20-,21+/m1/s1. The smallest absolute Gasteiger partial charge is 0.277 e. The van der Waals surface area contributed by atoms with Crippen LogP contribution in [0.3, 0.4) is 0 Å². The van der Waals surface area contributed by atoms with Crippen LogP contribution in [0.5, 0.6) is 5.75 Å². The van der Waals surface area contributed by atoms with Crippen molar-refractivity contribution in [3.05, 3.63) is 51.4 Å². The lowest BCUT2D eigenvalue weighted by atomic mass is 10.1. The zero-order valence-corrected chi connectivity index (χ0v) is 21.3. The van der Waals surface area contributed by atoms with Crippen molar-refractivity contribution >= 4 is 22.2 Å². The van der Waals surface area contributed by atoms with Gasteiger partial charge in [0, 0.05) is 43.4 Å². The summed E-state index contributed by atoms with van der Waals surface area (Å²) >= 11 is 1.61. The van der Waals surface area contributed by atoms with Crippen LogP contribution in [-0.4, -0.2) is 53.5 Å². The Labute approximate surface area is 204 Å². The zero-order valence-electron chi connectivity index (χ0n) is 20.5. The lowest BCUT2D eigenvalue weighted by Gasteiger charge is -2.23. The highest BCUT2D eigenvalue weighted by Gasteiger charge is 2.35. The minimum absolute atomic E-state index is 0.0393. The normalized spacial score (nSPS) is 17.9. The number of benzene rings is 1. The largest absolute Gasteiger partial charge is 0.497 e. The predicted octanol–water partition coefficient (Wildman–Crippen LogP) is 3.97. The monoisotopic (exact) mass is 483 g/mol. The molecule has 0 amide bonds. The second kappa shape index (κ2) is 10.6. The van der Waals surface area contributed by atoms with Crippen LogP contribution in [0.15, 0.2) is 34.6 Å². The molecule has 1 saturated heterocycles. The van der Waals surface area contributed by atoms with Gasteiger partial charge in [0.05, 0.1) is 24.9 Å². The predicted molar refractivity (Wildman–Crippen MR) is 137 cm³/mol. The molecule has 1 fully saturated rings. The molecule has 9 heteroatoms. The Hall–Kier alpha value is -2.91. The van der Waals surface area contributed by atoms with E-state index in [1.54, 1.807) is 23.0 Å². The molecule has 34 heavy (non-hydrogen) atoms. The molecule has 0 bridgehead atoms. The number of rotatable bonds is 9. The minimum Gasteiger partial charge on any atom is -0.497 e. The van der Waals surface area contributed by atoms with Gasteiger partial charge in [-0.1, -0.05) is 6.92 Å². The molecule has 1 aromatic carbocycles. The highest BCUT2D eigenvalue weighted by atomic mass is 32.1. The fraction of sp³-hybridized carbons (Fsp3) is 0.480. The quantitative estimate of drug-likeness (QED) is 0.493. The number of nitrogens with zero attached hydrogens (tertiary/aromatic N) is 4. The molecule has 0 spiro atoms. The number of hydrogen-bond acceptors (Lipinski definition) is 8. The van der Waals surface area contributed by atoms with Gasteiger partial charge >= 0.3 is 0 Å². The summed E-state index contributed by atoms with van der Waals surface area (Å²) < 4.78 is 13.1. The van der Waals surface area contributed by atoms with Crippen LogP contribution in [0.25, 0.3) is 11.4 Å². The minimum atomic E-state index is -0.0532. The SMILES string of the molecule is CCO[C@H]1CN(c2nccs2)C[C@H]1Nc1c(CC)nc(-c2ccc(OC)cc2C)n(CC)c1=O. The molecule has 0 aliphatic carbocycles. The van der Waals surface area contributed by atoms with Gasteiger partial charge in [0.25, 0.3) is 5.56 Å². The molecule has 0 unspecified atom stereocenters. The van der Waals surface area contributed by atoms with E-state index in [-0.39, 0.29) is 17.7 Å². The Morgan fingerprint density at radius 2 is 2.06 bits per heavy atom. The Kier molecular flexibility index (Phi) is 7.53. The van der Waals surface area contributed by atoms with E-state index in [0.717, 1.165) is 34.2 Å². The Balaban J connectivity index is 1.72. The van der Waals surface area contributed by atoms with Crippen molar-refractivity contribution in [1.82, 2.24) is 14.5 Å². The third kappa shape index (κ3) is 4.67. The van der Waals surface area contributed by atoms with E-state index in [2.05, 4.69) is 15.2 Å². The van der Waals surface area contributed by atoms with E-state index in [4.69, 9.17) is 14.5 Å². The van der Waals surface area contributed by atoms with Crippen molar-refractivity contribution in [2.75, 3.05) is 37.0 Å². The van der Waals surface area contributed by atoms with E-state index < -0.39 is 0 Å². The van der Waals surface area contributed by atoms with E-state index in [9.17, 15) is 4.79 Å². The number of nitrogens with one attached hydrogen (secondary N) is 1. The topological polar surface area (TPSA) is 81.5 Å². The number of anilines is 2. The van der Waals surface area contributed by atoms with Crippen LogP contribution in [0, 0.1) is 6.92 Å². The summed E-state index contributed by atoms with van der Waals surface area (Å²) in [5.41, 5.74) is 3.23. The first-order valence-corrected chi connectivity index (χ1v) is 12.7. The molecule has 4 rings (SSSR count). The van der Waals surface area contributed by atoms with Gasteiger partial charge in [-0.3, -0.25) is 9.36 Å². The van der Waals surface area contributed by atoms with E-state index in [1.165, 1.54) is 0 Å². The lowest BCUT2D eigenvalue weighted by molar-refractivity contribution is 0.0720. The Morgan fingerprint density at radius 3 is 2.68 bits per heavy atom. The van der Waals surface area contributed by atoms with Crippen molar-refractivity contribution in [1.29, 1.82) is 0 Å². The summed E-state index contributed by atoms with van der Waals surface area (Å²) in [7, 11) is 1.65. The molecule has 2 aromatic heterocycles. The molecule has 2 atom stereocenters. The first kappa shape index (κ1) is 24.2. The first-order valence-electron chi connectivity index (χ1n) is 11.8. The van der Waals surface area contributed by atoms with Gasteiger partial charge in [0.1, 0.15) is 17.3 Å². The number of methoxy groups -OCH3 is 1. The summed E-state index contributed by atoms with van der Waals surface area (Å²) in [5, 5.41) is 6.48. The molecule has 8 nitrogen and oxygen atoms in total. The van der Waals surface area contributed by atoms with Crippen molar-refractivity contribution in [2.45, 2.75) is 52.8 Å². The molecular weight excluding hydrogens is 450 g/mol. The van der Waals surface area contributed by atoms with Crippen LogP contribution in [-0.2, 0) is 17.7 Å². The van der Waals surface area contributed by atoms with Gasteiger partial charge in [-0.05, 0) is 51.0 Å². The van der Waals surface area contributed by atoms with Gasteiger partial charge < -0.3 is 19.7 Å². The second-order valence-corrected chi connectivity index (χ2v) is 9.18. The van der Waals surface area contributed by atoms with Gasteiger partial charge in [-0.25, -0.2) is 9.97 Å². The highest BCUT2D eigenvalue weighted by molar-refractivity contribution is 7.13. The van der Waals surface area contributed by atoms with Crippen LogP contribution < -0.4 is 20.5 Å². The fourth-order valence-electron chi connectivity index (χ4n) is 4.52. The average molecular weight is 484 g/mol. The van der Waals surface area contributed by atoms with Crippen molar-refractivity contribution < 1.29 is 9.47 Å². The summed E-state index contributed by atoms with van der Waals surface area (Å²) in [6, 6.07) is 5.81. The molecule has 3 aromatic rings. The molecule has 3 heterocycles. The number of hydrogen-bond donors (Lipinski definition) is 1. The van der Waals surface area contributed by atoms with Gasteiger partial charge in [0.2, 0.25) is 0 Å². The number of ether oxygens (including phenoxy) is 2. The van der Waals surface area contributed by atoms with Crippen molar-refractivity contribution in [3.8, 4) is 17.1 Å². The third-order valence-electron chi connectivity index (χ3n) is 6.24. The molecule has 1 aliphatic rings. The molecule has 0 radical (unpaired) electrons. The van der Waals surface area contributed by atoms with Gasteiger partial charge in [0.15, 0.2) is 5.13 Å². The molecule has 1 aliphatic heterocycles. The maximum absolute atomic E-state index is 13.7. The molecule has 0 saturated carbocycles. The van der Waals surface area contributed by atoms with Crippen LogP contribution in [0.2, 0.25) is 0 Å². The zero-order chi connectivity index (χ0) is 24.2. The summed E-state index contributed by atoms with van der Waals surface area (Å²) in [6.45, 7) is 10.6. The first-order chi connectivity index (χ1) is 16.5. The lowest BCUT2D eigenvalue weighted by Crippen LogP contribution is -2.38. The average Bonchev–Trinajstić information content (AvgIpc) is 3.51.